The molecule has 1 atom stereocenters. The second-order valence-corrected chi connectivity index (χ2v) is 9.70. The fraction of sp³-hybridized carbons (Fsp3) is 0.600. The third-order valence-electron chi connectivity index (χ3n) is 5.36. The molecule has 1 aromatic heterocycles. The molecule has 1 aromatic carbocycles. The summed E-state index contributed by atoms with van der Waals surface area (Å²) in [5.41, 5.74) is 1.62. The number of rotatable bonds is 8. The first-order valence-corrected chi connectivity index (χ1v) is 11.9. The van der Waals surface area contributed by atoms with Crippen molar-refractivity contribution in [2.24, 2.45) is 0 Å². The fourth-order valence-corrected chi connectivity index (χ4v) is 5.78. The Hall–Kier alpha value is -2.09. The minimum absolute atomic E-state index is 0.0501. The summed E-state index contributed by atoms with van der Waals surface area (Å²) < 4.78 is 27.1. The van der Waals surface area contributed by atoms with Crippen molar-refractivity contribution >= 4 is 26.8 Å². The molecule has 0 radical (unpaired) electrons. The molecule has 0 N–H and O–H groups in total. The Morgan fingerprint density at radius 3 is 2.29 bits per heavy atom. The highest BCUT2D eigenvalue weighted by atomic mass is 32.2. The van der Waals surface area contributed by atoms with Crippen LogP contribution < -0.4 is 5.69 Å². The van der Waals surface area contributed by atoms with Gasteiger partial charge in [0.25, 0.3) is 0 Å². The number of imidazole rings is 1. The van der Waals surface area contributed by atoms with Crippen LogP contribution in [0.1, 0.15) is 39.5 Å². The highest BCUT2D eigenvalue weighted by molar-refractivity contribution is 7.91. The summed E-state index contributed by atoms with van der Waals surface area (Å²) in [6, 6.07) is 7.39. The molecule has 154 valence electrons. The minimum atomic E-state index is -3.05. The Balaban J connectivity index is 1.80. The zero-order chi connectivity index (χ0) is 20.3. The number of aromatic nitrogens is 2. The van der Waals surface area contributed by atoms with Crippen molar-refractivity contribution < 1.29 is 13.2 Å². The normalized spacial score (nSPS) is 18.6. The minimum Gasteiger partial charge on any atom is -0.339 e. The first-order valence-electron chi connectivity index (χ1n) is 10.1. The number of carbonyl (C=O) groups excluding carboxylic acids is 1. The molecule has 1 aliphatic heterocycles. The Kier molecular flexibility index (Phi) is 6.27. The molecule has 28 heavy (non-hydrogen) atoms. The second-order valence-electron chi connectivity index (χ2n) is 7.47. The predicted octanol–water partition coefficient (Wildman–Crippen LogP) is 2.03. The van der Waals surface area contributed by atoms with Gasteiger partial charge in [-0.05, 0) is 31.4 Å². The van der Waals surface area contributed by atoms with Crippen molar-refractivity contribution in [3.8, 4) is 0 Å². The largest absolute Gasteiger partial charge is 0.339 e. The highest BCUT2D eigenvalue weighted by Crippen LogP contribution is 2.20. The molecule has 3 rings (SSSR count). The molecule has 2 aromatic rings. The molecule has 1 unspecified atom stereocenters. The summed E-state index contributed by atoms with van der Waals surface area (Å²) in [5, 5.41) is 0. The van der Waals surface area contributed by atoms with E-state index in [0.29, 0.717) is 26.1 Å². The standard InChI is InChI=1S/C20H29N3O4S/c1-3-11-21(16-10-14-28(26,27)15-16)19(24)9-13-23-18-8-6-5-7-17(18)22(12-4-2)20(23)25/h5-8,16H,3-4,9-15H2,1-2H3. The van der Waals surface area contributed by atoms with Crippen molar-refractivity contribution in [2.75, 3.05) is 18.1 Å². The fourth-order valence-electron chi connectivity index (χ4n) is 4.05. The quantitative estimate of drug-likeness (QED) is 0.670. The molecule has 0 saturated carbocycles. The second kappa shape index (κ2) is 8.51. The van der Waals surface area contributed by atoms with E-state index in [2.05, 4.69) is 0 Å². The van der Waals surface area contributed by atoms with Gasteiger partial charge in [0, 0.05) is 32.1 Å². The van der Waals surface area contributed by atoms with E-state index in [1.165, 1.54) is 0 Å². The van der Waals surface area contributed by atoms with Crippen molar-refractivity contribution in [1.29, 1.82) is 0 Å². The third kappa shape index (κ3) is 4.16. The van der Waals surface area contributed by atoms with E-state index in [1.54, 1.807) is 14.0 Å². The topological polar surface area (TPSA) is 81.4 Å². The van der Waals surface area contributed by atoms with Crippen molar-refractivity contribution in [2.45, 2.75) is 58.7 Å². The van der Waals surface area contributed by atoms with Crippen LogP contribution in [0.4, 0.5) is 0 Å². The zero-order valence-electron chi connectivity index (χ0n) is 16.6. The summed E-state index contributed by atoms with van der Waals surface area (Å²) in [6.45, 7) is 5.50. The lowest BCUT2D eigenvalue weighted by Crippen LogP contribution is -2.42. The number of amides is 1. The first-order chi connectivity index (χ1) is 13.4. The molecule has 1 amide bonds. The number of aryl methyl sites for hydroxylation is 2. The Labute approximate surface area is 165 Å². The number of hydrogen-bond acceptors (Lipinski definition) is 4. The van der Waals surface area contributed by atoms with Gasteiger partial charge in [0.05, 0.1) is 22.5 Å². The molecule has 2 heterocycles. The van der Waals surface area contributed by atoms with Gasteiger partial charge >= 0.3 is 5.69 Å². The van der Waals surface area contributed by atoms with Gasteiger partial charge in [0.15, 0.2) is 9.84 Å². The van der Waals surface area contributed by atoms with Crippen LogP contribution in [-0.4, -0.2) is 52.5 Å². The van der Waals surface area contributed by atoms with E-state index in [4.69, 9.17) is 0 Å². The number of hydrogen-bond donors (Lipinski definition) is 0. The summed E-state index contributed by atoms with van der Waals surface area (Å²) in [7, 11) is -3.05. The molecule has 1 saturated heterocycles. The predicted molar refractivity (Wildman–Crippen MR) is 110 cm³/mol. The first kappa shape index (κ1) is 20.6. The SMILES string of the molecule is CCCN(C(=O)CCn1c(=O)n(CCC)c2ccccc21)C1CCS(=O)(=O)C1. The van der Waals surface area contributed by atoms with Gasteiger partial charge in [0.2, 0.25) is 5.91 Å². The van der Waals surface area contributed by atoms with Crippen LogP contribution >= 0.6 is 0 Å². The van der Waals surface area contributed by atoms with Crippen molar-refractivity contribution in [3.05, 3.63) is 34.7 Å². The molecule has 0 spiro atoms. The van der Waals surface area contributed by atoms with Gasteiger partial charge in [-0.3, -0.25) is 13.9 Å². The van der Waals surface area contributed by atoms with Crippen LogP contribution in [-0.2, 0) is 27.7 Å². The molecule has 7 nitrogen and oxygen atoms in total. The van der Waals surface area contributed by atoms with Crippen molar-refractivity contribution in [1.82, 2.24) is 14.0 Å². The van der Waals surface area contributed by atoms with Gasteiger partial charge in [-0.25, -0.2) is 13.2 Å². The average molecular weight is 408 g/mol. The van der Waals surface area contributed by atoms with Crippen LogP contribution in [0.5, 0.6) is 0 Å². The molecule has 8 heteroatoms. The number of benzene rings is 1. The Morgan fingerprint density at radius 1 is 1.11 bits per heavy atom. The van der Waals surface area contributed by atoms with Gasteiger partial charge < -0.3 is 4.90 Å². The highest BCUT2D eigenvalue weighted by Gasteiger charge is 2.34. The van der Waals surface area contributed by atoms with Crippen LogP contribution in [0, 0.1) is 0 Å². The van der Waals surface area contributed by atoms with Gasteiger partial charge in [-0.2, -0.15) is 0 Å². The van der Waals surface area contributed by atoms with E-state index in [0.717, 1.165) is 23.9 Å². The van der Waals surface area contributed by atoms with Crippen LogP contribution in [0.2, 0.25) is 0 Å². The van der Waals surface area contributed by atoms with Crippen LogP contribution in [0.15, 0.2) is 29.1 Å². The smallest absolute Gasteiger partial charge is 0.329 e. The summed E-state index contributed by atoms with van der Waals surface area (Å²) in [6.07, 6.45) is 2.33. The molecule has 0 bridgehead atoms. The maximum absolute atomic E-state index is 12.9. The number of fused-ring (bicyclic) bond motifs is 1. The summed E-state index contributed by atoms with van der Waals surface area (Å²) in [5.74, 6) is 0.118. The van der Waals surface area contributed by atoms with E-state index in [1.807, 2.05) is 38.1 Å². The number of sulfone groups is 1. The van der Waals surface area contributed by atoms with Crippen LogP contribution in [0.25, 0.3) is 11.0 Å². The molecular weight excluding hydrogens is 378 g/mol. The maximum atomic E-state index is 12.9. The number of para-hydroxylation sites is 2. The Bertz CT molecular complexity index is 1010. The lowest BCUT2D eigenvalue weighted by Gasteiger charge is -2.28. The zero-order valence-corrected chi connectivity index (χ0v) is 17.5. The summed E-state index contributed by atoms with van der Waals surface area (Å²) in [4.78, 5) is 27.5. The molecular formula is C20H29N3O4S. The molecule has 0 aliphatic carbocycles. The van der Waals surface area contributed by atoms with E-state index >= 15 is 0 Å². The van der Waals surface area contributed by atoms with E-state index in [-0.39, 0.29) is 35.6 Å². The summed E-state index contributed by atoms with van der Waals surface area (Å²) >= 11 is 0. The number of carbonyl (C=O) groups is 1. The Morgan fingerprint density at radius 2 is 1.75 bits per heavy atom. The van der Waals surface area contributed by atoms with Crippen molar-refractivity contribution in [3.63, 3.8) is 0 Å². The van der Waals surface area contributed by atoms with E-state index in [9.17, 15) is 18.0 Å². The van der Waals surface area contributed by atoms with E-state index < -0.39 is 9.84 Å². The monoisotopic (exact) mass is 407 g/mol. The number of nitrogens with zero attached hydrogens (tertiary/aromatic N) is 3. The van der Waals surface area contributed by atoms with Crippen LogP contribution in [0.3, 0.4) is 0 Å². The molecule has 1 aliphatic rings. The average Bonchev–Trinajstić information content (AvgIpc) is 3.15. The molecule has 1 fully saturated rings. The van der Waals surface area contributed by atoms with Gasteiger partial charge in [-0.15, -0.1) is 0 Å². The maximum Gasteiger partial charge on any atom is 0.329 e. The van der Waals surface area contributed by atoms with Gasteiger partial charge in [-0.1, -0.05) is 26.0 Å². The lowest BCUT2D eigenvalue weighted by atomic mass is 10.2. The lowest BCUT2D eigenvalue weighted by molar-refractivity contribution is -0.133. The van der Waals surface area contributed by atoms with Gasteiger partial charge in [0.1, 0.15) is 0 Å². The third-order valence-corrected chi connectivity index (χ3v) is 7.11.